The van der Waals surface area contributed by atoms with Crippen LogP contribution in [0.2, 0.25) is 0 Å². The van der Waals surface area contributed by atoms with Crippen LogP contribution in [0.15, 0.2) is 60.7 Å². The zero-order valence-electron chi connectivity index (χ0n) is 21.4. The number of hydrogen-bond acceptors (Lipinski definition) is 4. The molecule has 35 heavy (non-hydrogen) atoms. The monoisotopic (exact) mass is 476 g/mol. The lowest BCUT2D eigenvalue weighted by Gasteiger charge is -2.22. The number of rotatable bonds is 10. The first kappa shape index (κ1) is 26.2. The second-order valence-corrected chi connectivity index (χ2v) is 9.79. The van der Waals surface area contributed by atoms with Gasteiger partial charge in [-0.15, -0.1) is 0 Å². The largest absolute Gasteiger partial charge is 0.385 e. The molecule has 0 atom stereocenters. The molecule has 7 nitrogen and oxygen atoms in total. The second-order valence-electron chi connectivity index (χ2n) is 9.79. The predicted molar refractivity (Wildman–Crippen MR) is 139 cm³/mol. The van der Waals surface area contributed by atoms with Crippen molar-refractivity contribution in [3.8, 4) is 5.69 Å². The molecule has 2 aromatic carbocycles. The number of nitrogens with zero attached hydrogens (tertiary/aromatic N) is 3. The van der Waals surface area contributed by atoms with E-state index in [1.165, 1.54) is 0 Å². The van der Waals surface area contributed by atoms with E-state index >= 15 is 0 Å². The van der Waals surface area contributed by atoms with Crippen molar-refractivity contribution in [3.05, 3.63) is 77.5 Å². The zero-order chi connectivity index (χ0) is 25.4. The van der Waals surface area contributed by atoms with Gasteiger partial charge in [0.25, 0.3) is 0 Å². The molecule has 0 aliphatic heterocycles. The Morgan fingerprint density at radius 2 is 1.80 bits per heavy atom. The van der Waals surface area contributed by atoms with Gasteiger partial charge in [-0.2, -0.15) is 5.10 Å². The zero-order valence-corrected chi connectivity index (χ0v) is 21.4. The Hall–Kier alpha value is -3.45. The first-order chi connectivity index (χ1) is 16.7. The van der Waals surface area contributed by atoms with Crippen LogP contribution in [0.25, 0.3) is 5.69 Å². The summed E-state index contributed by atoms with van der Waals surface area (Å²) in [7, 11) is 1.63. The molecule has 0 saturated carbocycles. The van der Waals surface area contributed by atoms with E-state index in [2.05, 4.69) is 26.1 Å². The summed E-state index contributed by atoms with van der Waals surface area (Å²) in [5, 5.41) is 7.78. The van der Waals surface area contributed by atoms with Gasteiger partial charge in [-0.05, 0) is 36.6 Å². The number of amides is 2. The molecule has 0 radical (unpaired) electrons. The molecule has 186 valence electrons. The Bertz CT molecular complexity index is 1130. The van der Waals surface area contributed by atoms with Gasteiger partial charge in [0.1, 0.15) is 5.82 Å². The summed E-state index contributed by atoms with van der Waals surface area (Å²) >= 11 is 0. The van der Waals surface area contributed by atoms with Crippen molar-refractivity contribution in [3.63, 3.8) is 0 Å². The molecule has 0 bridgehead atoms. The Kier molecular flexibility index (Phi) is 8.82. The normalized spacial score (nSPS) is 11.3. The molecule has 1 aromatic heterocycles. The van der Waals surface area contributed by atoms with Crippen LogP contribution >= 0.6 is 0 Å². The molecule has 7 heteroatoms. The van der Waals surface area contributed by atoms with Crippen molar-refractivity contribution < 1.29 is 14.3 Å². The summed E-state index contributed by atoms with van der Waals surface area (Å²) in [5.74, 6) is 0.223. The highest BCUT2D eigenvalue weighted by atomic mass is 16.5. The van der Waals surface area contributed by atoms with Crippen LogP contribution in [0.5, 0.6) is 0 Å². The smallest absolute Gasteiger partial charge is 0.245 e. The maximum Gasteiger partial charge on any atom is 0.245 e. The minimum absolute atomic E-state index is 0.0424. The van der Waals surface area contributed by atoms with Crippen LogP contribution in [-0.2, 0) is 26.2 Å². The fraction of sp³-hybridized carbons (Fsp3) is 0.393. The Morgan fingerprint density at radius 1 is 1.06 bits per heavy atom. The lowest BCUT2D eigenvalue weighted by molar-refractivity contribution is -0.134. The molecule has 0 aliphatic carbocycles. The minimum Gasteiger partial charge on any atom is -0.385 e. The molecular weight excluding hydrogens is 440 g/mol. The van der Waals surface area contributed by atoms with Crippen LogP contribution < -0.4 is 5.32 Å². The van der Waals surface area contributed by atoms with E-state index in [1.807, 2.05) is 67.6 Å². The summed E-state index contributed by atoms with van der Waals surface area (Å²) in [6.45, 7) is 9.19. The third-order valence-corrected chi connectivity index (χ3v) is 5.65. The van der Waals surface area contributed by atoms with Gasteiger partial charge in [0.15, 0.2) is 0 Å². The molecule has 0 spiro atoms. The number of ether oxygens (including phenoxy) is 1. The number of aryl methyl sites for hydroxylation is 1. The van der Waals surface area contributed by atoms with Crippen molar-refractivity contribution in [1.82, 2.24) is 14.7 Å². The third-order valence-electron chi connectivity index (χ3n) is 5.65. The van der Waals surface area contributed by atoms with Gasteiger partial charge in [0.05, 0.1) is 24.3 Å². The molecule has 0 fully saturated rings. The summed E-state index contributed by atoms with van der Waals surface area (Å²) in [6, 6.07) is 19.4. The van der Waals surface area contributed by atoms with Gasteiger partial charge >= 0.3 is 0 Å². The van der Waals surface area contributed by atoms with Crippen LogP contribution in [0.1, 0.15) is 44.0 Å². The van der Waals surface area contributed by atoms with Gasteiger partial charge in [-0.25, -0.2) is 4.68 Å². The average molecular weight is 477 g/mol. The van der Waals surface area contributed by atoms with Gasteiger partial charge in [-0.3, -0.25) is 9.59 Å². The molecule has 3 rings (SSSR count). The van der Waals surface area contributed by atoms with Gasteiger partial charge in [0.2, 0.25) is 11.8 Å². The van der Waals surface area contributed by atoms with Crippen LogP contribution in [0.4, 0.5) is 5.82 Å². The van der Waals surface area contributed by atoms with E-state index in [1.54, 1.807) is 16.7 Å². The number of carbonyl (C=O) groups is 2. The molecule has 2 amide bonds. The van der Waals surface area contributed by atoms with Crippen molar-refractivity contribution in [2.45, 2.75) is 46.0 Å². The van der Waals surface area contributed by atoms with E-state index in [-0.39, 0.29) is 30.2 Å². The number of nitrogens with one attached hydrogen (secondary N) is 1. The molecule has 1 heterocycles. The van der Waals surface area contributed by atoms with E-state index in [9.17, 15) is 9.59 Å². The summed E-state index contributed by atoms with van der Waals surface area (Å²) in [5.41, 5.74) is 3.57. The van der Waals surface area contributed by atoms with E-state index in [0.717, 1.165) is 22.5 Å². The fourth-order valence-electron chi connectivity index (χ4n) is 3.72. The first-order valence-corrected chi connectivity index (χ1v) is 12.0. The van der Waals surface area contributed by atoms with Crippen molar-refractivity contribution in [2.24, 2.45) is 0 Å². The maximum atomic E-state index is 13.1. The number of benzene rings is 2. The van der Waals surface area contributed by atoms with E-state index in [0.29, 0.717) is 25.4 Å². The highest BCUT2D eigenvalue weighted by Crippen LogP contribution is 2.26. The third kappa shape index (κ3) is 7.52. The molecular formula is C28H36N4O3. The number of aromatic nitrogens is 2. The molecule has 1 N–H and O–H groups in total. The van der Waals surface area contributed by atoms with Crippen molar-refractivity contribution in [2.75, 3.05) is 32.1 Å². The van der Waals surface area contributed by atoms with E-state index < -0.39 is 0 Å². The highest BCUT2D eigenvalue weighted by molar-refractivity contribution is 5.94. The number of hydrogen-bond donors (Lipinski definition) is 1. The summed E-state index contributed by atoms with van der Waals surface area (Å²) in [6.07, 6.45) is 0.899. The summed E-state index contributed by atoms with van der Waals surface area (Å²) < 4.78 is 6.91. The molecule has 0 saturated heterocycles. The predicted octanol–water partition coefficient (Wildman–Crippen LogP) is 4.52. The van der Waals surface area contributed by atoms with Gasteiger partial charge < -0.3 is 15.0 Å². The second kappa shape index (κ2) is 11.8. The topological polar surface area (TPSA) is 76.5 Å². The first-order valence-electron chi connectivity index (χ1n) is 12.0. The highest BCUT2D eigenvalue weighted by Gasteiger charge is 2.23. The molecule has 0 aliphatic rings. The Balaban J connectivity index is 1.80. The van der Waals surface area contributed by atoms with Crippen LogP contribution in [0.3, 0.4) is 0 Å². The van der Waals surface area contributed by atoms with Crippen LogP contribution in [-0.4, -0.2) is 53.3 Å². The maximum absolute atomic E-state index is 13.1. The number of methoxy groups -OCH3 is 1. The van der Waals surface area contributed by atoms with Gasteiger partial charge in [0, 0.05) is 31.7 Å². The van der Waals surface area contributed by atoms with Gasteiger partial charge in [-0.1, -0.05) is 63.2 Å². The Morgan fingerprint density at radius 3 is 2.46 bits per heavy atom. The van der Waals surface area contributed by atoms with Crippen LogP contribution in [0, 0.1) is 6.92 Å². The fourth-order valence-corrected chi connectivity index (χ4v) is 3.72. The minimum atomic E-state index is -0.266. The lowest BCUT2D eigenvalue weighted by Crippen LogP contribution is -2.40. The van der Waals surface area contributed by atoms with Crippen molar-refractivity contribution in [1.29, 1.82) is 0 Å². The lowest BCUT2D eigenvalue weighted by atomic mass is 9.92. The quantitative estimate of drug-likeness (QED) is 0.437. The molecule has 0 unspecified atom stereocenters. The van der Waals surface area contributed by atoms with Crippen molar-refractivity contribution >= 4 is 17.6 Å². The average Bonchev–Trinajstić information content (AvgIpc) is 3.23. The number of anilines is 1. The SMILES string of the molecule is COCCCN(CC(=O)Nc1cc(C(C)(C)C)nn1-c1cccc(C)c1)C(=O)Cc1ccccc1. The standard InChI is InChI=1S/C28H36N4O3/c1-21-11-9-14-23(17-21)32-25(19-24(30-32)28(2,3)4)29-26(33)20-31(15-10-16-35-5)27(34)18-22-12-7-6-8-13-22/h6-9,11-14,17,19H,10,15-16,18,20H2,1-5H3,(H,29,33). The number of carbonyl (C=O) groups excluding carboxylic acids is 2. The molecule has 3 aromatic rings. The summed E-state index contributed by atoms with van der Waals surface area (Å²) in [4.78, 5) is 27.8. The van der Waals surface area contributed by atoms with E-state index in [4.69, 9.17) is 9.84 Å². The Labute approximate surface area is 208 Å².